The Morgan fingerprint density at radius 2 is 2.08 bits per heavy atom. The highest BCUT2D eigenvalue weighted by Gasteiger charge is 2.26. The molecule has 0 bridgehead atoms. The lowest BCUT2D eigenvalue weighted by atomic mass is 9.89. The Morgan fingerprint density at radius 3 is 2.72 bits per heavy atom. The fourth-order valence-electron chi connectivity index (χ4n) is 2.85. The van der Waals surface area contributed by atoms with Crippen LogP contribution < -0.4 is 5.32 Å². The monoisotopic (exact) mass is 343 g/mol. The van der Waals surface area contributed by atoms with E-state index in [1.807, 2.05) is 6.07 Å². The summed E-state index contributed by atoms with van der Waals surface area (Å²) in [6, 6.07) is 2.04. The molecule has 0 spiro atoms. The first-order chi connectivity index (χ1) is 12.0. The number of ether oxygens (including phenoxy) is 2. The summed E-state index contributed by atoms with van der Waals surface area (Å²) in [5.74, 6) is -0.786. The third kappa shape index (κ3) is 4.15. The minimum Gasteiger partial charge on any atom is -0.465 e. The smallest absolute Gasteiger partial charge is 0.339 e. The van der Waals surface area contributed by atoms with Crippen LogP contribution in [0.2, 0.25) is 0 Å². The number of allylic oxidation sites excluding steroid dienone is 1. The molecule has 0 aromatic carbocycles. The van der Waals surface area contributed by atoms with Crippen molar-refractivity contribution in [1.82, 2.24) is 4.98 Å². The van der Waals surface area contributed by atoms with E-state index in [0.717, 1.165) is 30.5 Å². The largest absolute Gasteiger partial charge is 0.465 e. The average Bonchev–Trinajstić information content (AvgIpc) is 2.59. The van der Waals surface area contributed by atoms with Crippen molar-refractivity contribution < 1.29 is 19.1 Å². The number of nitrogens with one attached hydrogen (secondary N) is 1. The van der Waals surface area contributed by atoms with Crippen LogP contribution in [0.15, 0.2) is 11.8 Å². The topological polar surface area (TPSA) is 101 Å². The first kappa shape index (κ1) is 18.5. The van der Waals surface area contributed by atoms with E-state index in [0.29, 0.717) is 12.1 Å². The van der Waals surface area contributed by atoms with E-state index in [9.17, 15) is 14.9 Å². The van der Waals surface area contributed by atoms with Crippen LogP contribution in [0.5, 0.6) is 0 Å². The first-order valence-electron chi connectivity index (χ1n) is 8.18. The van der Waals surface area contributed by atoms with Gasteiger partial charge >= 0.3 is 11.9 Å². The number of hydrogen-bond donors (Lipinski definition) is 1. The van der Waals surface area contributed by atoms with Crippen molar-refractivity contribution in [3.8, 4) is 6.07 Å². The lowest BCUT2D eigenvalue weighted by Crippen LogP contribution is -2.18. The number of aryl methyl sites for hydroxylation is 1. The maximum absolute atomic E-state index is 12.2. The van der Waals surface area contributed by atoms with E-state index in [1.54, 1.807) is 13.8 Å². The van der Waals surface area contributed by atoms with Gasteiger partial charge in [-0.25, -0.2) is 14.6 Å². The Morgan fingerprint density at radius 1 is 1.36 bits per heavy atom. The molecular formula is C18H21N3O4. The van der Waals surface area contributed by atoms with Crippen molar-refractivity contribution in [3.63, 3.8) is 0 Å². The molecule has 132 valence electrons. The first-order valence-corrected chi connectivity index (χ1v) is 8.18. The number of anilines is 1. The fraction of sp³-hybridized carbons (Fsp3) is 0.444. The molecule has 0 unspecified atom stereocenters. The minimum atomic E-state index is -0.549. The van der Waals surface area contributed by atoms with Gasteiger partial charge in [-0.1, -0.05) is 0 Å². The molecule has 0 atom stereocenters. The van der Waals surface area contributed by atoms with E-state index < -0.39 is 11.9 Å². The summed E-state index contributed by atoms with van der Waals surface area (Å²) >= 11 is 0. The minimum absolute atomic E-state index is 0.129. The van der Waals surface area contributed by atoms with Gasteiger partial charge in [-0.3, -0.25) is 0 Å². The molecular weight excluding hydrogens is 322 g/mol. The highest BCUT2D eigenvalue weighted by atomic mass is 16.5. The summed E-state index contributed by atoms with van der Waals surface area (Å²) in [4.78, 5) is 28.3. The second kappa shape index (κ2) is 8.29. The Balaban J connectivity index is 2.49. The van der Waals surface area contributed by atoms with Gasteiger partial charge in [0.15, 0.2) is 0 Å². The molecule has 1 aliphatic carbocycles. The van der Waals surface area contributed by atoms with Gasteiger partial charge in [-0.15, -0.1) is 0 Å². The molecule has 1 N–H and O–H groups in total. The number of rotatable bonds is 5. The van der Waals surface area contributed by atoms with Crippen molar-refractivity contribution in [2.45, 2.75) is 39.5 Å². The molecule has 7 nitrogen and oxygen atoms in total. The van der Waals surface area contributed by atoms with Gasteiger partial charge in [0.25, 0.3) is 0 Å². The molecule has 1 heterocycles. The van der Waals surface area contributed by atoms with E-state index in [2.05, 4.69) is 10.3 Å². The van der Waals surface area contributed by atoms with Gasteiger partial charge < -0.3 is 14.8 Å². The maximum atomic E-state index is 12.2. The normalized spacial score (nSPS) is 13.4. The van der Waals surface area contributed by atoms with Crippen molar-refractivity contribution in [2.24, 2.45) is 0 Å². The van der Waals surface area contributed by atoms with E-state index in [1.165, 1.54) is 13.2 Å². The van der Waals surface area contributed by atoms with Crippen LogP contribution in [0.4, 0.5) is 5.82 Å². The summed E-state index contributed by atoms with van der Waals surface area (Å²) in [6.07, 6.45) is 4.63. The number of fused-ring (bicyclic) bond motifs is 1. The van der Waals surface area contributed by atoms with Crippen LogP contribution in [0.1, 0.15) is 53.9 Å². The number of pyridine rings is 1. The molecule has 0 radical (unpaired) electrons. The van der Waals surface area contributed by atoms with Crippen molar-refractivity contribution in [3.05, 3.63) is 34.2 Å². The summed E-state index contributed by atoms with van der Waals surface area (Å²) in [5.41, 5.74) is 2.43. The van der Waals surface area contributed by atoms with Gasteiger partial charge in [0.1, 0.15) is 17.5 Å². The second-order valence-electron chi connectivity index (χ2n) is 5.65. The molecule has 0 saturated carbocycles. The Labute approximate surface area is 146 Å². The van der Waals surface area contributed by atoms with Gasteiger partial charge in [-0.05, 0) is 45.1 Å². The van der Waals surface area contributed by atoms with Crippen molar-refractivity contribution in [2.75, 3.05) is 19.0 Å². The Kier molecular flexibility index (Phi) is 6.12. The Hall–Kier alpha value is -2.88. The average molecular weight is 343 g/mol. The van der Waals surface area contributed by atoms with E-state index in [-0.39, 0.29) is 23.6 Å². The molecule has 0 amide bonds. The molecule has 0 aliphatic heterocycles. The molecule has 0 saturated heterocycles. The SMILES string of the molecule is CCOC(=O)/C=C(/C)Nc1nc2c(c(C(=O)OC)c1C#N)CCCC2. The molecule has 0 fully saturated rings. The lowest BCUT2D eigenvalue weighted by molar-refractivity contribution is -0.137. The van der Waals surface area contributed by atoms with E-state index in [4.69, 9.17) is 9.47 Å². The van der Waals surface area contributed by atoms with Crippen LogP contribution in [0, 0.1) is 11.3 Å². The number of esters is 2. The van der Waals surface area contributed by atoms with Gasteiger partial charge in [-0.2, -0.15) is 5.26 Å². The zero-order valence-electron chi connectivity index (χ0n) is 14.6. The van der Waals surface area contributed by atoms with Crippen molar-refractivity contribution in [1.29, 1.82) is 5.26 Å². The summed E-state index contributed by atoms with van der Waals surface area (Å²) in [6.45, 7) is 3.66. The van der Waals surface area contributed by atoms with Crippen LogP contribution >= 0.6 is 0 Å². The molecule has 1 aliphatic rings. The number of aromatic nitrogens is 1. The third-order valence-corrected chi connectivity index (χ3v) is 3.91. The highest BCUT2D eigenvalue weighted by Crippen LogP contribution is 2.30. The quantitative estimate of drug-likeness (QED) is 0.647. The number of nitriles is 1. The summed E-state index contributed by atoms with van der Waals surface area (Å²) in [5, 5.41) is 12.5. The molecule has 25 heavy (non-hydrogen) atoms. The second-order valence-corrected chi connectivity index (χ2v) is 5.65. The predicted octanol–water partition coefficient (Wildman–Crippen LogP) is 2.50. The number of hydrogen-bond acceptors (Lipinski definition) is 7. The standard InChI is InChI=1S/C18H21N3O4/c1-4-25-15(22)9-11(2)20-17-13(10-19)16(18(23)24-3)12-7-5-6-8-14(12)21-17/h9H,4-8H2,1-3H3,(H,20,21)/b11-9-. The fourth-order valence-corrected chi connectivity index (χ4v) is 2.85. The Bertz CT molecular complexity index is 763. The number of methoxy groups -OCH3 is 1. The third-order valence-electron chi connectivity index (χ3n) is 3.91. The van der Waals surface area contributed by atoms with Crippen LogP contribution in [-0.4, -0.2) is 30.6 Å². The van der Waals surface area contributed by atoms with E-state index >= 15 is 0 Å². The number of carbonyl (C=O) groups is 2. The molecule has 2 rings (SSSR count). The van der Waals surface area contributed by atoms with Gasteiger partial charge in [0.2, 0.25) is 0 Å². The molecule has 1 aromatic rings. The molecule has 7 heteroatoms. The van der Waals surface area contributed by atoms with Gasteiger partial charge in [0, 0.05) is 17.5 Å². The maximum Gasteiger partial charge on any atom is 0.339 e. The van der Waals surface area contributed by atoms with Gasteiger partial charge in [0.05, 0.1) is 19.3 Å². The predicted molar refractivity (Wildman–Crippen MR) is 90.9 cm³/mol. The summed E-state index contributed by atoms with van der Waals surface area (Å²) in [7, 11) is 1.29. The number of carbonyl (C=O) groups excluding carboxylic acids is 2. The summed E-state index contributed by atoms with van der Waals surface area (Å²) < 4.78 is 9.73. The zero-order valence-corrected chi connectivity index (χ0v) is 14.6. The van der Waals surface area contributed by atoms with Crippen LogP contribution in [0.25, 0.3) is 0 Å². The lowest BCUT2D eigenvalue weighted by Gasteiger charge is -2.21. The number of nitrogens with zero attached hydrogens (tertiary/aromatic N) is 2. The zero-order chi connectivity index (χ0) is 18.4. The van der Waals surface area contributed by atoms with Crippen LogP contribution in [0.3, 0.4) is 0 Å². The highest BCUT2D eigenvalue weighted by molar-refractivity contribution is 5.96. The van der Waals surface area contributed by atoms with Crippen LogP contribution in [-0.2, 0) is 27.1 Å². The molecule has 1 aromatic heterocycles. The van der Waals surface area contributed by atoms with Crippen molar-refractivity contribution >= 4 is 17.8 Å².